The van der Waals surface area contributed by atoms with Gasteiger partial charge in [0.2, 0.25) is 0 Å². The molecule has 0 atom stereocenters. The summed E-state index contributed by atoms with van der Waals surface area (Å²) in [5, 5.41) is 1.46. The molecule has 0 saturated heterocycles. The molecule has 3 aromatic rings. The summed E-state index contributed by atoms with van der Waals surface area (Å²) in [6.45, 7) is 3.23. The molecule has 0 N–H and O–H groups in total. The number of aromatic nitrogens is 1. The van der Waals surface area contributed by atoms with Crippen LogP contribution in [0.1, 0.15) is 16.1 Å². The Balaban J connectivity index is 2.12. The molecule has 2 aromatic carbocycles. The molecule has 4 nitrogen and oxygen atoms in total. The number of fused-ring (bicyclic) bond motifs is 1. The highest BCUT2D eigenvalue weighted by molar-refractivity contribution is 9.10. The molecule has 0 unspecified atom stereocenters. The van der Waals surface area contributed by atoms with Gasteiger partial charge in [0, 0.05) is 21.4 Å². The normalized spacial score (nSPS) is 11.3. The van der Waals surface area contributed by atoms with Gasteiger partial charge in [-0.2, -0.15) is 0 Å². The highest BCUT2D eigenvalue weighted by Gasteiger charge is 2.22. The predicted octanol–water partition coefficient (Wildman–Crippen LogP) is 4.99. The van der Waals surface area contributed by atoms with E-state index in [0.29, 0.717) is 17.2 Å². The Bertz CT molecular complexity index is 966. The summed E-state index contributed by atoms with van der Waals surface area (Å²) in [6.07, 6.45) is 0. The van der Waals surface area contributed by atoms with E-state index in [4.69, 9.17) is 16.3 Å². The third-order valence-electron chi connectivity index (χ3n) is 4.20. The number of nitrogens with zero attached hydrogens (tertiary/aromatic N) is 2. The van der Waals surface area contributed by atoms with Gasteiger partial charge in [0.05, 0.1) is 16.8 Å². The summed E-state index contributed by atoms with van der Waals surface area (Å²) in [4.78, 5) is 15.3. The van der Waals surface area contributed by atoms with Crippen LogP contribution in [0.25, 0.3) is 10.9 Å². The number of benzene rings is 2. The fourth-order valence-electron chi connectivity index (χ4n) is 2.89. The van der Waals surface area contributed by atoms with Crippen molar-refractivity contribution < 1.29 is 9.53 Å². The Morgan fingerprint density at radius 2 is 1.96 bits per heavy atom. The van der Waals surface area contributed by atoms with Crippen LogP contribution in [0.3, 0.4) is 0 Å². The van der Waals surface area contributed by atoms with Crippen LogP contribution in [-0.2, 0) is 0 Å². The van der Waals surface area contributed by atoms with Gasteiger partial charge in [0.15, 0.2) is 0 Å². The quantitative estimate of drug-likeness (QED) is 0.566. The second-order valence-electron chi connectivity index (χ2n) is 6.35. The number of carbonyl (C=O) groups excluding carboxylic acids is 1. The minimum absolute atomic E-state index is 0.121. The Labute approximate surface area is 166 Å². The van der Waals surface area contributed by atoms with Gasteiger partial charge in [-0.15, -0.1) is 0 Å². The van der Waals surface area contributed by atoms with Crippen molar-refractivity contribution in [3.63, 3.8) is 0 Å². The number of ether oxygens (including phenoxy) is 1. The SMILES string of the molecule is Cc1c(OCCN(C)C)c2ccc(Cl)cc2n1C(=O)c1ccccc1Br. The van der Waals surface area contributed by atoms with E-state index in [1.54, 1.807) is 16.7 Å². The van der Waals surface area contributed by atoms with E-state index < -0.39 is 0 Å². The Hall–Kier alpha value is -1.82. The standard InChI is InChI=1S/C20H20BrClN2O2/c1-13-19(26-11-10-23(2)3)16-9-8-14(22)12-18(16)24(13)20(25)15-6-4-5-7-17(15)21/h4-9,12H,10-11H2,1-3H3. The number of hydrogen-bond acceptors (Lipinski definition) is 3. The molecule has 0 fully saturated rings. The van der Waals surface area contributed by atoms with Crippen LogP contribution in [0.5, 0.6) is 5.75 Å². The zero-order valence-electron chi connectivity index (χ0n) is 14.9. The zero-order valence-corrected chi connectivity index (χ0v) is 17.3. The lowest BCUT2D eigenvalue weighted by Gasteiger charge is -2.12. The molecule has 1 heterocycles. The maximum atomic E-state index is 13.2. The second kappa shape index (κ2) is 7.82. The van der Waals surface area contributed by atoms with Crippen molar-refractivity contribution in [1.29, 1.82) is 0 Å². The first-order valence-electron chi connectivity index (χ1n) is 8.27. The van der Waals surface area contributed by atoms with Crippen LogP contribution >= 0.6 is 27.5 Å². The molecule has 3 rings (SSSR count). The third-order valence-corrected chi connectivity index (χ3v) is 5.13. The molecule has 26 heavy (non-hydrogen) atoms. The summed E-state index contributed by atoms with van der Waals surface area (Å²) in [5.41, 5.74) is 2.10. The number of likely N-dealkylation sites (N-methyl/N-ethyl adjacent to an activating group) is 1. The predicted molar refractivity (Wildman–Crippen MR) is 110 cm³/mol. The Morgan fingerprint density at radius 1 is 1.23 bits per heavy atom. The average molecular weight is 436 g/mol. The van der Waals surface area contributed by atoms with Crippen LogP contribution in [0, 0.1) is 6.92 Å². The monoisotopic (exact) mass is 434 g/mol. The molecule has 136 valence electrons. The van der Waals surface area contributed by atoms with Crippen molar-refractivity contribution in [1.82, 2.24) is 9.47 Å². The maximum Gasteiger partial charge on any atom is 0.263 e. The van der Waals surface area contributed by atoms with E-state index in [1.165, 1.54) is 0 Å². The minimum atomic E-state index is -0.121. The summed E-state index contributed by atoms with van der Waals surface area (Å²) < 4.78 is 8.45. The van der Waals surface area contributed by atoms with Gasteiger partial charge >= 0.3 is 0 Å². The first kappa shape index (κ1) is 19.0. The minimum Gasteiger partial charge on any atom is -0.490 e. The highest BCUT2D eigenvalue weighted by Crippen LogP contribution is 2.35. The molecule has 6 heteroatoms. The van der Waals surface area contributed by atoms with E-state index in [-0.39, 0.29) is 5.91 Å². The van der Waals surface area contributed by atoms with Gasteiger partial charge in [0.1, 0.15) is 12.4 Å². The summed E-state index contributed by atoms with van der Waals surface area (Å²) in [5.74, 6) is 0.601. The van der Waals surface area contributed by atoms with E-state index in [2.05, 4.69) is 20.8 Å². The van der Waals surface area contributed by atoms with Gasteiger partial charge in [-0.05, 0) is 67.3 Å². The number of hydrogen-bond donors (Lipinski definition) is 0. The number of carbonyl (C=O) groups is 1. The Kier molecular flexibility index (Phi) is 5.70. The Morgan fingerprint density at radius 3 is 2.65 bits per heavy atom. The summed E-state index contributed by atoms with van der Waals surface area (Å²) in [6, 6.07) is 12.9. The molecule has 0 saturated carbocycles. The molecule has 0 aliphatic rings. The van der Waals surface area contributed by atoms with Gasteiger partial charge in [-0.25, -0.2) is 0 Å². The summed E-state index contributed by atoms with van der Waals surface area (Å²) >= 11 is 9.66. The van der Waals surface area contributed by atoms with Crippen LogP contribution in [0.4, 0.5) is 0 Å². The zero-order chi connectivity index (χ0) is 18.8. The topological polar surface area (TPSA) is 34.5 Å². The van der Waals surface area contributed by atoms with Gasteiger partial charge in [-0.3, -0.25) is 9.36 Å². The second-order valence-corrected chi connectivity index (χ2v) is 7.64. The lowest BCUT2D eigenvalue weighted by Crippen LogP contribution is -2.19. The molecular weight excluding hydrogens is 416 g/mol. The third kappa shape index (κ3) is 3.65. The average Bonchev–Trinajstić information content (AvgIpc) is 2.86. The summed E-state index contributed by atoms with van der Waals surface area (Å²) in [7, 11) is 3.99. The van der Waals surface area contributed by atoms with Gasteiger partial charge in [0.25, 0.3) is 5.91 Å². The van der Waals surface area contributed by atoms with Gasteiger partial charge in [-0.1, -0.05) is 23.7 Å². The molecule has 0 radical (unpaired) electrons. The molecule has 0 aliphatic heterocycles. The largest absolute Gasteiger partial charge is 0.490 e. The molecule has 0 spiro atoms. The van der Waals surface area contributed by atoms with Crippen molar-refractivity contribution in [2.24, 2.45) is 0 Å². The lowest BCUT2D eigenvalue weighted by atomic mass is 10.2. The van der Waals surface area contributed by atoms with E-state index in [9.17, 15) is 4.79 Å². The van der Waals surface area contributed by atoms with E-state index in [1.807, 2.05) is 51.4 Å². The lowest BCUT2D eigenvalue weighted by molar-refractivity contribution is 0.0961. The van der Waals surface area contributed by atoms with E-state index in [0.717, 1.165) is 33.4 Å². The molecule has 0 bridgehead atoms. The first-order valence-corrected chi connectivity index (χ1v) is 9.44. The van der Waals surface area contributed by atoms with Crippen LogP contribution in [0.2, 0.25) is 5.02 Å². The molecule has 1 aromatic heterocycles. The van der Waals surface area contributed by atoms with Crippen LogP contribution in [-0.4, -0.2) is 42.6 Å². The fraction of sp³-hybridized carbons (Fsp3) is 0.250. The maximum absolute atomic E-state index is 13.2. The highest BCUT2D eigenvalue weighted by atomic mass is 79.9. The van der Waals surface area contributed by atoms with E-state index >= 15 is 0 Å². The van der Waals surface area contributed by atoms with Crippen LogP contribution in [0.15, 0.2) is 46.9 Å². The van der Waals surface area contributed by atoms with Crippen molar-refractivity contribution in [3.05, 3.63) is 63.2 Å². The first-order chi connectivity index (χ1) is 12.4. The number of rotatable bonds is 5. The van der Waals surface area contributed by atoms with Crippen LogP contribution < -0.4 is 4.74 Å². The van der Waals surface area contributed by atoms with Gasteiger partial charge < -0.3 is 9.64 Å². The molecule has 0 amide bonds. The van der Waals surface area contributed by atoms with Crippen molar-refractivity contribution in [3.8, 4) is 5.75 Å². The smallest absolute Gasteiger partial charge is 0.263 e. The van der Waals surface area contributed by atoms with Crippen molar-refractivity contribution in [2.45, 2.75) is 6.92 Å². The molecular formula is C20H20BrClN2O2. The van der Waals surface area contributed by atoms with Crippen molar-refractivity contribution >= 4 is 44.3 Å². The fourth-order valence-corrected chi connectivity index (χ4v) is 3.51. The number of halogens is 2. The molecule has 0 aliphatic carbocycles. The van der Waals surface area contributed by atoms with Crippen molar-refractivity contribution in [2.75, 3.05) is 27.2 Å².